The summed E-state index contributed by atoms with van der Waals surface area (Å²) in [6.45, 7) is 17.9. The van der Waals surface area contributed by atoms with Gasteiger partial charge in [-0.25, -0.2) is 0 Å². The highest BCUT2D eigenvalue weighted by Crippen LogP contribution is 2.44. The number of fused-ring (bicyclic) bond motifs is 2. The smallest absolute Gasteiger partial charge is 0.00273 e. The van der Waals surface area contributed by atoms with Gasteiger partial charge in [-0.05, 0) is 43.2 Å². The van der Waals surface area contributed by atoms with Crippen LogP contribution >= 0.6 is 0 Å². The van der Waals surface area contributed by atoms with Gasteiger partial charge >= 0.3 is 0 Å². The maximum Gasteiger partial charge on any atom is 0.00273 e. The summed E-state index contributed by atoms with van der Waals surface area (Å²) in [5, 5.41) is 0. The first-order valence-corrected chi connectivity index (χ1v) is 14.5. The number of hydrogen-bond donors (Lipinski definition) is 0. The number of hydrogen-bond acceptors (Lipinski definition) is 2. The summed E-state index contributed by atoms with van der Waals surface area (Å²) in [7, 11) is 0. The van der Waals surface area contributed by atoms with Crippen LogP contribution in [0.15, 0.2) is 0 Å². The molecule has 2 aliphatic rings. The normalized spacial score (nSPS) is 24.0. The molecule has 2 saturated heterocycles. The van der Waals surface area contributed by atoms with Gasteiger partial charge in [0.2, 0.25) is 0 Å². The summed E-state index contributed by atoms with van der Waals surface area (Å²) in [4.78, 5) is 5.68. The highest BCUT2D eigenvalue weighted by Gasteiger charge is 2.47. The Hall–Kier alpha value is -0.0800. The zero-order chi connectivity index (χ0) is 22.4. The van der Waals surface area contributed by atoms with Crippen molar-refractivity contribution in [2.24, 2.45) is 17.3 Å². The number of rotatable bonds is 18. The molecule has 0 aromatic rings. The average molecular weight is 435 g/mol. The minimum absolute atomic E-state index is 0.547. The van der Waals surface area contributed by atoms with Crippen molar-refractivity contribution in [3.05, 3.63) is 0 Å². The second-order valence-corrected chi connectivity index (χ2v) is 11.7. The SMILES string of the molecule is CCCCCCCCCCN1CC2CN(CCCCCCCCCC)CC(C1)C2(C)C. The van der Waals surface area contributed by atoms with Crippen molar-refractivity contribution >= 4 is 0 Å². The topological polar surface area (TPSA) is 6.48 Å². The zero-order valence-electron chi connectivity index (χ0n) is 22.1. The van der Waals surface area contributed by atoms with E-state index < -0.39 is 0 Å². The van der Waals surface area contributed by atoms with Crippen LogP contribution in [0.3, 0.4) is 0 Å². The van der Waals surface area contributed by atoms with Crippen molar-refractivity contribution in [3.8, 4) is 0 Å². The molecule has 2 rings (SSSR count). The Kier molecular flexibility index (Phi) is 13.8. The summed E-state index contributed by atoms with van der Waals surface area (Å²) >= 11 is 0. The molecule has 2 aliphatic heterocycles. The molecule has 2 bridgehead atoms. The predicted molar refractivity (Wildman–Crippen MR) is 139 cm³/mol. The van der Waals surface area contributed by atoms with Crippen LogP contribution in [0.5, 0.6) is 0 Å². The van der Waals surface area contributed by atoms with Gasteiger partial charge in [0, 0.05) is 26.2 Å². The van der Waals surface area contributed by atoms with Crippen LogP contribution in [0.4, 0.5) is 0 Å². The third kappa shape index (κ3) is 10.2. The Morgan fingerprint density at radius 1 is 0.484 bits per heavy atom. The van der Waals surface area contributed by atoms with E-state index in [-0.39, 0.29) is 0 Å². The van der Waals surface area contributed by atoms with E-state index in [9.17, 15) is 0 Å². The fourth-order valence-corrected chi connectivity index (χ4v) is 6.09. The van der Waals surface area contributed by atoms with Gasteiger partial charge in [0.1, 0.15) is 0 Å². The number of likely N-dealkylation sites (tertiary alicyclic amines) is 2. The standard InChI is InChI=1S/C29H58N2/c1-5-7-9-11-13-15-17-19-21-30-23-27-25-31(26-28(24-30)29(27,3)4)22-20-18-16-14-12-10-8-6-2/h27-28H,5-26H2,1-4H3. The molecule has 0 radical (unpaired) electrons. The van der Waals surface area contributed by atoms with Crippen LogP contribution < -0.4 is 0 Å². The van der Waals surface area contributed by atoms with E-state index in [0.29, 0.717) is 5.41 Å². The summed E-state index contributed by atoms with van der Waals surface area (Å²) in [5.41, 5.74) is 0.547. The van der Waals surface area contributed by atoms with Crippen molar-refractivity contribution in [3.63, 3.8) is 0 Å². The molecule has 0 amide bonds. The maximum atomic E-state index is 2.84. The second-order valence-electron chi connectivity index (χ2n) is 11.7. The first-order chi connectivity index (χ1) is 15.1. The van der Waals surface area contributed by atoms with E-state index in [0.717, 1.165) is 11.8 Å². The van der Waals surface area contributed by atoms with E-state index in [1.807, 2.05) is 0 Å². The maximum absolute atomic E-state index is 2.84. The summed E-state index contributed by atoms with van der Waals surface area (Å²) < 4.78 is 0. The molecule has 2 nitrogen and oxygen atoms in total. The molecule has 0 aliphatic carbocycles. The lowest BCUT2D eigenvalue weighted by Gasteiger charge is -2.56. The lowest BCUT2D eigenvalue weighted by Crippen LogP contribution is -2.61. The van der Waals surface area contributed by atoms with E-state index in [2.05, 4.69) is 37.5 Å². The lowest BCUT2D eigenvalue weighted by atomic mass is 9.63. The Morgan fingerprint density at radius 2 is 0.774 bits per heavy atom. The molecule has 2 fully saturated rings. The van der Waals surface area contributed by atoms with Crippen LogP contribution in [0, 0.1) is 17.3 Å². The third-order valence-electron chi connectivity index (χ3n) is 8.67. The van der Waals surface area contributed by atoms with Crippen molar-refractivity contribution in [1.29, 1.82) is 0 Å². The van der Waals surface area contributed by atoms with Gasteiger partial charge in [-0.15, -0.1) is 0 Å². The van der Waals surface area contributed by atoms with Crippen LogP contribution in [-0.2, 0) is 0 Å². The second kappa shape index (κ2) is 15.7. The third-order valence-corrected chi connectivity index (χ3v) is 8.67. The van der Waals surface area contributed by atoms with Gasteiger partial charge in [-0.3, -0.25) is 0 Å². The first-order valence-electron chi connectivity index (χ1n) is 14.5. The van der Waals surface area contributed by atoms with Gasteiger partial charge in [-0.1, -0.05) is 118 Å². The van der Waals surface area contributed by atoms with Crippen molar-refractivity contribution in [1.82, 2.24) is 9.80 Å². The molecular weight excluding hydrogens is 376 g/mol. The minimum atomic E-state index is 0.547. The Labute approximate surface area is 196 Å². The molecule has 2 heterocycles. The van der Waals surface area contributed by atoms with Gasteiger partial charge in [0.25, 0.3) is 0 Å². The number of piperidine rings is 2. The highest BCUT2D eigenvalue weighted by molar-refractivity contribution is 4.99. The Morgan fingerprint density at radius 3 is 1.10 bits per heavy atom. The molecular formula is C29H58N2. The molecule has 0 N–H and O–H groups in total. The van der Waals surface area contributed by atoms with E-state index >= 15 is 0 Å². The zero-order valence-corrected chi connectivity index (χ0v) is 22.1. The van der Waals surface area contributed by atoms with Crippen molar-refractivity contribution < 1.29 is 0 Å². The summed E-state index contributed by atoms with van der Waals surface area (Å²) in [6, 6.07) is 0. The Bertz CT molecular complexity index is 382. The quantitative estimate of drug-likeness (QED) is 0.201. The number of nitrogens with zero attached hydrogens (tertiary/aromatic N) is 2. The van der Waals surface area contributed by atoms with Gasteiger partial charge in [0.05, 0.1) is 0 Å². The molecule has 0 unspecified atom stereocenters. The van der Waals surface area contributed by atoms with Gasteiger partial charge in [0.15, 0.2) is 0 Å². The van der Waals surface area contributed by atoms with Crippen LogP contribution in [0.25, 0.3) is 0 Å². The molecule has 0 spiro atoms. The van der Waals surface area contributed by atoms with Crippen LogP contribution in [0.1, 0.15) is 130 Å². The monoisotopic (exact) mass is 434 g/mol. The first kappa shape index (κ1) is 27.2. The molecule has 184 valence electrons. The van der Waals surface area contributed by atoms with Gasteiger partial charge in [-0.2, -0.15) is 0 Å². The fraction of sp³-hybridized carbons (Fsp3) is 1.00. The minimum Gasteiger partial charge on any atom is -0.303 e. The summed E-state index contributed by atoms with van der Waals surface area (Å²) in [5.74, 6) is 1.76. The highest BCUT2D eigenvalue weighted by atomic mass is 15.2. The van der Waals surface area contributed by atoms with Crippen molar-refractivity contribution in [2.75, 3.05) is 39.3 Å². The molecule has 0 saturated carbocycles. The molecule has 31 heavy (non-hydrogen) atoms. The molecule has 2 heteroatoms. The molecule has 0 aromatic heterocycles. The average Bonchev–Trinajstić information content (AvgIpc) is 2.73. The van der Waals surface area contributed by atoms with E-state index in [1.165, 1.54) is 142 Å². The lowest BCUT2D eigenvalue weighted by molar-refractivity contribution is -0.0718. The fourth-order valence-electron chi connectivity index (χ4n) is 6.09. The van der Waals surface area contributed by atoms with Crippen LogP contribution in [0.2, 0.25) is 0 Å². The number of unbranched alkanes of at least 4 members (excludes halogenated alkanes) is 14. The Balaban J connectivity index is 1.58. The van der Waals surface area contributed by atoms with E-state index in [4.69, 9.17) is 0 Å². The predicted octanol–water partition coefficient (Wildman–Crippen LogP) is 8.16. The van der Waals surface area contributed by atoms with Gasteiger partial charge < -0.3 is 9.80 Å². The van der Waals surface area contributed by atoms with Crippen LogP contribution in [-0.4, -0.2) is 49.1 Å². The molecule has 0 atom stereocenters. The largest absolute Gasteiger partial charge is 0.303 e. The van der Waals surface area contributed by atoms with Crippen molar-refractivity contribution in [2.45, 2.75) is 130 Å². The molecule has 0 aromatic carbocycles. The van der Waals surface area contributed by atoms with E-state index in [1.54, 1.807) is 0 Å². The summed E-state index contributed by atoms with van der Waals surface area (Å²) in [6.07, 6.45) is 23.0.